The maximum atomic E-state index is 12.7. The summed E-state index contributed by atoms with van der Waals surface area (Å²) in [5.41, 5.74) is 0. The number of rotatable bonds is 40. The standard InChI is InChI=1S/C54H85NO7/c1-6-8-10-12-14-16-18-20-22-24-26-28-30-32-34-36-38-40-42-44-52(56)61-49-50(48-60-47-46-51(54(58)59)55(3,4)5)62-53(57)45-43-41-39-37-35-33-31-29-27-25-23-21-19-17-15-13-11-9-7-2/h8-11,14-17,20-23,26-29,32-35,50-51H,6-7,12-13,18-19,24-25,30-31,36-49H2,1-5H3/b10-8-,11-9-,16-14-,17-15-,22-20-,23-21-,28-26-,29-27-,34-32-,35-33-. The number of hydrogen-bond donors (Lipinski definition) is 0. The number of carbonyl (C=O) groups is 3. The van der Waals surface area contributed by atoms with E-state index in [1.165, 1.54) is 0 Å². The van der Waals surface area contributed by atoms with E-state index in [1.807, 2.05) is 0 Å². The van der Waals surface area contributed by atoms with Crippen molar-refractivity contribution in [1.82, 2.24) is 0 Å². The summed E-state index contributed by atoms with van der Waals surface area (Å²) in [6.07, 6.45) is 60.8. The molecule has 0 radical (unpaired) electrons. The maximum Gasteiger partial charge on any atom is 0.306 e. The monoisotopic (exact) mass is 860 g/mol. The van der Waals surface area contributed by atoms with Gasteiger partial charge in [0.1, 0.15) is 12.6 Å². The molecule has 0 aliphatic carbocycles. The van der Waals surface area contributed by atoms with Crippen molar-refractivity contribution >= 4 is 17.9 Å². The number of carboxylic acids is 1. The Balaban J connectivity index is 4.47. The molecule has 0 saturated heterocycles. The average molecular weight is 860 g/mol. The number of carboxylic acid groups (broad SMARTS) is 1. The first-order chi connectivity index (χ1) is 30.1. The smallest absolute Gasteiger partial charge is 0.306 e. The van der Waals surface area contributed by atoms with Gasteiger partial charge in [0.2, 0.25) is 0 Å². The zero-order valence-electron chi connectivity index (χ0n) is 39.5. The summed E-state index contributed by atoms with van der Waals surface area (Å²) in [4.78, 5) is 37.0. The summed E-state index contributed by atoms with van der Waals surface area (Å²) in [6, 6.07) is -0.746. The minimum absolute atomic E-state index is 0.00719. The van der Waals surface area contributed by atoms with Crippen LogP contribution in [-0.4, -0.2) is 75.5 Å². The van der Waals surface area contributed by atoms with Gasteiger partial charge in [-0.2, -0.15) is 0 Å². The van der Waals surface area contributed by atoms with Gasteiger partial charge in [0.05, 0.1) is 40.3 Å². The van der Waals surface area contributed by atoms with Crippen LogP contribution in [0.25, 0.3) is 0 Å². The Morgan fingerprint density at radius 3 is 1.23 bits per heavy atom. The number of carbonyl (C=O) groups excluding carboxylic acids is 3. The zero-order chi connectivity index (χ0) is 45.6. The highest BCUT2D eigenvalue weighted by molar-refractivity contribution is 5.70. The van der Waals surface area contributed by atoms with Crippen molar-refractivity contribution < 1.29 is 38.2 Å². The van der Waals surface area contributed by atoms with E-state index in [-0.39, 0.29) is 49.1 Å². The molecule has 0 aliphatic rings. The predicted octanol–water partition coefficient (Wildman–Crippen LogP) is 12.1. The Morgan fingerprint density at radius 1 is 0.484 bits per heavy atom. The largest absolute Gasteiger partial charge is 0.544 e. The molecule has 0 N–H and O–H groups in total. The highest BCUT2D eigenvalue weighted by Crippen LogP contribution is 2.11. The van der Waals surface area contributed by atoms with Crippen molar-refractivity contribution in [2.45, 2.75) is 161 Å². The van der Waals surface area contributed by atoms with Gasteiger partial charge in [0.25, 0.3) is 0 Å². The number of allylic oxidation sites excluding steroid dienone is 20. The van der Waals surface area contributed by atoms with Gasteiger partial charge in [0.15, 0.2) is 6.10 Å². The van der Waals surface area contributed by atoms with Crippen LogP contribution in [0.3, 0.4) is 0 Å². The average Bonchev–Trinajstić information content (AvgIpc) is 3.23. The number of quaternary nitrogens is 1. The Morgan fingerprint density at radius 2 is 0.855 bits per heavy atom. The van der Waals surface area contributed by atoms with E-state index >= 15 is 0 Å². The summed E-state index contributed by atoms with van der Waals surface area (Å²) in [6.45, 7) is 4.34. The molecule has 0 bridgehead atoms. The second-order valence-electron chi connectivity index (χ2n) is 16.2. The zero-order valence-corrected chi connectivity index (χ0v) is 39.5. The first kappa shape index (κ1) is 57.7. The fourth-order valence-corrected chi connectivity index (χ4v) is 6.00. The SMILES string of the molecule is CC/C=C\C/C=C\C/C=C\C/C=C\C/C=C\CCCCCC(=O)OCC(COCCC(C(=O)[O-])[N+](C)(C)C)OC(=O)CCCCC/C=C\C/C=C\C/C=C\C/C=C\C/C=C\CC. The summed E-state index contributed by atoms with van der Waals surface area (Å²) >= 11 is 0. The number of unbranched alkanes of at least 4 members (excludes halogenated alkanes) is 6. The van der Waals surface area contributed by atoms with Gasteiger partial charge in [-0.05, 0) is 103 Å². The van der Waals surface area contributed by atoms with Crippen LogP contribution >= 0.6 is 0 Å². The van der Waals surface area contributed by atoms with E-state index in [2.05, 4.69) is 135 Å². The van der Waals surface area contributed by atoms with Crippen LogP contribution in [0.2, 0.25) is 0 Å². The second-order valence-corrected chi connectivity index (χ2v) is 16.2. The van der Waals surface area contributed by atoms with E-state index in [1.54, 1.807) is 21.1 Å². The molecule has 2 unspecified atom stereocenters. The summed E-state index contributed by atoms with van der Waals surface area (Å²) < 4.78 is 17.1. The van der Waals surface area contributed by atoms with Crippen LogP contribution in [0.1, 0.15) is 149 Å². The molecule has 8 nitrogen and oxygen atoms in total. The molecule has 2 atom stereocenters. The molecular weight excluding hydrogens is 775 g/mol. The Kier molecular flexibility index (Phi) is 40.4. The summed E-state index contributed by atoms with van der Waals surface area (Å²) in [7, 11) is 5.37. The minimum atomic E-state index is -1.14. The molecule has 62 heavy (non-hydrogen) atoms. The lowest BCUT2D eigenvalue weighted by Gasteiger charge is -2.34. The molecule has 348 valence electrons. The van der Waals surface area contributed by atoms with Crippen molar-refractivity contribution in [2.24, 2.45) is 0 Å². The molecule has 0 spiro atoms. The first-order valence-corrected chi connectivity index (χ1v) is 23.6. The first-order valence-electron chi connectivity index (χ1n) is 23.6. The lowest BCUT2D eigenvalue weighted by molar-refractivity contribution is -0.889. The van der Waals surface area contributed by atoms with Crippen molar-refractivity contribution in [2.75, 3.05) is 41.0 Å². The number of ether oxygens (including phenoxy) is 3. The molecule has 0 fully saturated rings. The van der Waals surface area contributed by atoms with Crippen LogP contribution in [0.5, 0.6) is 0 Å². The van der Waals surface area contributed by atoms with Crippen molar-refractivity contribution in [3.05, 3.63) is 122 Å². The second kappa shape index (κ2) is 43.4. The van der Waals surface area contributed by atoms with Crippen molar-refractivity contribution in [3.63, 3.8) is 0 Å². The number of nitrogens with zero attached hydrogens (tertiary/aromatic N) is 1. The van der Waals surface area contributed by atoms with Crippen molar-refractivity contribution in [3.8, 4) is 0 Å². The molecular formula is C54H85NO7. The summed E-state index contributed by atoms with van der Waals surface area (Å²) in [5, 5.41) is 11.6. The molecule has 0 saturated carbocycles. The third-order valence-corrected chi connectivity index (χ3v) is 9.59. The van der Waals surface area contributed by atoms with Crippen LogP contribution < -0.4 is 5.11 Å². The van der Waals surface area contributed by atoms with Crippen molar-refractivity contribution in [1.29, 1.82) is 0 Å². The topological polar surface area (TPSA) is 102 Å². The molecule has 0 aromatic heterocycles. The van der Waals surface area contributed by atoms with Gasteiger partial charge < -0.3 is 28.6 Å². The predicted molar refractivity (Wildman–Crippen MR) is 258 cm³/mol. The van der Waals surface area contributed by atoms with Crippen LogP contribution in [-0.2, 0) is 28.6 Å². The molecule has 0 aliphatic heterocycles. The van der Waals surface area contributed by atoms with E-state index in [4.69, 9.17) is 14.2 Å². The van der Waals surface area contributed by atoms with E-state index in [9.17, 15) is 19.5 Å². The molecule has 0 aromatic carbocycles. The van der Waals surface area contributed by atoms with Gasteiger partial charge >= 0.3 is 11.9 Å². The highest BCUT2D eigenvalue weighted by Gasteiger charge is 2.25. The van der Waals surface area contributed by atoms with Crippen LogP contribution in [0.4, 0.5) is 0 Å². The fourth-order valence-electron chi connectivity index (χ4n) is 6.00. The van der Waals surface area contributed by atoms with Gasteiger partial charge in [-0.15, -0.1) is 0 Å². The van der Waals surface area contributed by atoms with Crippen LogP contribution in [0, 0.1) is 0 Å². The lowest BCUT2D eigenvalue weighted by atomic mass is 10.1. The van der Waals surface area contributed by atoms with E-state index < -0.39 is 18.1 Å². The Hall–Kier alpha value is -4.27. The van der Waals surface area contributed by atoms with E-state index in [0.717, 1.165) is 109 Å². The normalized spacial score (nSPS) is 14.0. The Bertz CT molecular complexity index is 1420. The quantitative estimate of drug-likeness (QED) is 0.0262. The molecule has 0 rings (SSSR count). The minimum Gasteiger partial charge on any atom is -0.544 e. The van der Waals surface area contributed by atoms with Crippen LogP contribution in [0.15, 0.2) is 122 Å². The third kappa shape index (κ3) is 41.1. The van der Waals surface area contributed by atoms with Gasteiger partial charge in [-0.25, -0.2) is 0 Å². The number of hydrogen-bond acceptors (Lipinski definition) is 7. The number of aliphatic carboxylic acids is 1. The molecule has 8 heteroatoms. The summed E-state index contributed by atoms with van der Waals surface area (Å²) in [5.74, 6) is -1.84. The van der Waals surface area contributed by atoms with Gasteiger partial charge in [-0.1, -0.05) is 148 Å². The maximum absolute atomic E-state index is 12.7. The lowest BCUT2D eigenvalue weighted by Crippen LogP contribution is -2.55. The number of esters is 2. The third-order valence-electron chi connectivity index (χ3n) is 9.59. The number of likely N-dealkylation sites (N-methyl/N-ethyl adjacent to an activating group) is 1. The highest BCUT2D eigenvalue weighted by atomic mass is 16.6. The Labute approximate surface area is 378 Å². The van der Waals surface area contributed by atoms with E-state index in [0.29, 0.717) is 12.8 Å². The fraction of sp³-hybridized carbons (Fsp3) is 0.574. The molecule has 0 amide bonds. The van der Waals surface area contributed by atoms with Gasteiger partial charge in [0, 0.05) is 19.3 Å². The van der Waals surface area contributed by atoms with Gasteiger partial charge in [-0.3, -0.25) is 9.59 Å². The molecule has 0 aromatic rings. The molecule has 0 heterocycles.